The summed E-state index contributed by atoms with van der Waals surface area (Å²) in [6.45, 7) is 16.2. The van der Waals surface area contributed by atoms with Crippen molar-refractivity contribution in [2.45, 2.75) is 65.7 Å². The summed E-state index contributed by atoms with van der Waals surface area (Å²) in [5.41, 5.74) is 12.5. The monoisotopic (exact) mass is 746 g/mol. The van der Waals surface area contributed by atoms with Gasteiger partial charge < -0.3 is 0 Å². The zero-order valence-electron chi connectivity index (χ0n) is 28.4. The van der Waals surface area contributed by atoms with Crippen LogP contribution in [0.3, 0.4) is 0 Å². The number of hydrogen-bond acceptors (Lipinski definition) is 0. The molecule has 0 aromatic heterocycles. The van der Waals surface area contributed by atoms with Crippen LogP contribution in [0.1, 0.15) is 65.2 Å². The molecule has 2 radical (unpaired) electrons. The van der Waals surface area contributed by atoms with Crippen molar-refractivity contribution in [2.24, 2.45) is 0 Å². The van der Waals surface area contributed by atoms with Crippen LogP contribution in [-0.4, -0.2) is 9.52 Å². The maximum atomic E-state index is 4.93. The normalized spacial score (nSPS) is 11.9. The Hall–Kier alpha value is -2.61. The van der Waals surface area contributed by atoms with Gasteiger partial charge in [0.25, 0.3) is 0 Å². The zero-order chi connectivity index (χ0) is 33.8. The minimum atomic E-state index is -0.826. The second kappa shape index (κ2) is 15.3. The van der Waals surface area contributed by atoms with E-state index in [0.717, 1.165) is 15.9 Å². The largest absolute Gasteiger partial charge is 0.184 e. The van der Waals surface area contributed by atoms with Crippen molar-refractivity contribution < 1.29 is 20.8 Å². The molecule has 1 aliphatic rings. The van der Waals surface area contributed by atoms with Crippen molar-refractivity contribution in [3.63, 3.8) is 0 Å². The number of fused-ring (bicyclic) bond motifs is 4. The molecule has 0 spiro atoms. The van der Waals surface area contributed by atoms with Crippen molar-refractivity contribution in [2.75, 3.05) is 0 Å². The average Bonchev–Trinajstić information content (AvgIpc) is 3.66. The van der Waals surface area contributed by atoms with E-state index in [-0.39, 0.29) is 10.8 Å². The molecule has 0 saturated carbocycles. The molecule has 236 valence electrons. The quantitative estimate of drug-likeness (QED) is 0.125. The average molecular weight is 749 g/mol. The van der Waals surface area contributed by atoms with Gasteiger partial charge in [-0.05, 0) is 39.5 Å². The standard InChI is InChI=1S/C31H35.C12H7Si.2ClH.Zr/c1-8-21-14-15-23-16-24(22-12-10-9-11-13-22)19-28(23)29(21)25-17-26(30(2,3)4)20-27(18-25)31(5,6)7;1-3-7-11-9(5-1)10-6-2-4-8-12(10)13-11;;;/h9-20H,8H2,1-7H3;1-7H;2*1H;/q2*-1;;;+4/p-2. The van der Waals surface area contributed by atoms with Gasteiger partial charge in [-0.15, -0.1) is 40.1 Å². The molecule has 0 nitrogen and oxygen atoms in total. The van der Waals surface area contributed by atoms with Crippen molar-refractivity contribution >= 4 is 47.7 Å². The van der Waals surface area contributed by atoms with Crippen LogP contribution in [0.15, 0.2) is 115 Å². The first kappa shape index (κ1) is 35.7. The van der Waals surface area contributed by atoms with Gasteiger partial charge in [0.1, 0.15) is 0 Å². The van der Waals surface area contributed by atoms with E-state index in [0.29, 0.717) is 0 Å². The number of benzene rings is 5. The molecule has 0 atom stereocenters. The zero-order valence-corrected chi connectivity index (χ0v) is 33.4. The summed E-state index contributed by atoms with van der Waals surface area (Å²) in [4.78, 5) is 0. The molecule has 47 heavy (non-hydrogen) atoms. The minimum Gasteiger partial charge on any atom is -0.184 e. The van der Waals surface area contributed by atoms with Crippen LogP contribution >= 0.6 is 17.0 Å². The Kier molecular flexibility index (Phi) is 11.6. The number of rotatable bonds is 3. The van der Waals surface area contributed by atoms with E-state index >= 15 is 0 Å². The predicted octanol–water partition coefficient (Wildman–Crippen LogP) is 11.5. The van der Waals surface area contributed by atoms with E-state index in [9.17, 15) is 0 Å². The van der Waals surface area contributed by atoms with E-state index in [1.54, 1.807) is 0 Å². The third-order valence-corrected chi connectivity index (χ3v) is 10.1. The van der Waals surface area contributed by atoms with Gasteiger partial charge in [0, 0.05) is 0 Å². The molecule has 0 aliphatic carbocycles. The van der Waals surface area contributed by atoms with Crippen LogP contribution < -0.4 is 10.4 Å². The molecule has 4 heteroatoms. The van der Waals surface area contributed by atoms with Crippen molar-refractivity contribution in [1.29, 1.82) is 0 Å². The Bertz CT molecular complexity index is 1880. The molecule has 6 aromatic carbocycles. The van der Waals surface area contributed by atoms with Crippen molar-refractivity contribution in [3.8, 4) is 33.4 Å². The number of hydrogen-bond donors (Lipinski definition) is 0. The fourth-order valence-electron chi connectivity index (χ4n) is 6.12. The Labute approximate surface area is 303 Å². The topological polar surface area (TPSA) is 0 Å². The summed E-state index contributed by atoms with van der Waals surface area (Å²) in [6.07, 6.45) is 1.03. The number of aryl methyl sites for hydroxylation is 1. The smallest absolute Gasteiger partial charge is 0.0920 e. The van der Waals surface area contributed by atoms with E-state index in [2.05, 4.69) is 164 Å². The van der Waals surface area contributed by atoms with Crippen LogP contribution in [0.5, 0.6) is 0 Å². The summed E-state index contributed by atoms with van der Waals surface area (Å²) >= 11 is -0.826. The van der Waals surface area contributed by atoms with Gasteiger partial charge in [-0.3, -0.25) is 0 Å². The van der Waals surface area contributed by atoms with E-state index in [1.807, 2.05) is 6.07 Å². The second-order valence-corrected chi connectivity index (χ2v) is 19.1. The molecule has 6 aromatic rings. The maximum Gasteiger partial charge on any atom is 0.0920 e. The van der Waals surface area contributed by atoms with Gasteiger partial charge in [0.05, 0.1) is 9.52 Å². The fourth-order valence-corrected chi connectivity index (χ4v) is 7.43. The summed E-state index contributed by atoms with van der Waals surface area (Å²) in [5, 5.41) is 5.51. The molecule has 7 rings (SSSR count). The van der Waals surface area contributed by atoms with Crippen LogP contribution in [-0.2, 0) is 38.1 Å². The number of halogens is 2. The second-order valence-electron chi connectivity index (χ2n) is 14.1. The first-order chi connectivity index (χ1) is 22.4. The molecule has 0 amide bonds. The molecule has 0 N–H and O–H groups in total. The van der Waals surface area contributed by atoms with Crippen molar-refractivity contribution in [3.05, 3.63) is 138 Å². The molecular formula is C43H42Cl2SiZr. The van der Waals surface area contributed by atoms with E-state index in [4.69, 9.17) is 17.0 Å². The molecule has 1 aliphatic heterocycles. The molecule has 0 fully saturated rings. The molecule has 0 saturated heterocycles. The third kappa shape index (κ3) is 8.34. The first-order valence-corrected chi connectivity index (χ1v) is 23.5. The van der Waals surface area contributed by atoms with Crippen LogP contribution in [0.25, 0.3) is 44.2 Å². The van der Waals surface area contributed by atoms with Crippen LogP contribution in [0, 0.1) is 6.07 Å². The summed E-state index contributed by atoms with van der Waals surface area (Å²) in [7, 11) is 10.7. The SMILES string of the molecule is CCc1ccc2[cH-]c(-c3ccccc3)cc2c1-c1cc(C(C)(C)C)cc(C(C)(C)C)c1.[Cl][Zr+2][Cl].[c-]1cccc2c1[Si]c1ccccc1-2. The maximum absolute atomic E-state index is 4.93. The Morgan fingerprint density at radius 3 is 1.96 bits per heavy atom. The molecular weight excluding hydrogens is 707 g/mol. The van der Waals surface area contributed by atoms with Gasteiger partial charge >= 0.3 is 37.9 Å². The first-order valence-electron chi connectivity index (χ1n) is 16.2. The Balaban J connectivity index is 0.000000222. The van der Waals surface area contributed by atoms with Crippen molar-refractivity contribution in [1.82, 2.24) is 0 Å². The fraction of sp³-hybridized carbons (Fsp3) is 0.233. The predicted molar refractivity (Wildman–Crippen MR) is 205 cm³/mol. The molecule has 0 bridgehead atoms. The Morgan fingerprint density at radius 2 is 1.32 bits per heavy atom. The van der Waals surface area contributed by atoms with Crippen LogP contribution in [0.4, 0.5) is 0 Å². The van der Waals surface area contributed by atoms with Crippen LogP contribution in [0.2, 0.25) is 0 Å². The van der Waals surface area contributed by atoms with Gasteiger partial charge in [-0.1, -0.05) is 149 Å². The summed E-state index contributed by atoms with van der Waals surface area (Å²) in [5.74, 6) is 0. The van der Waals surface area contributed by atoms with Gasteiger partial charge in [0.15, 0.2) is 0 Å². The summed E-state index contributed by atoms with van der Waals surface area (Å²) in [6, 6.07) is 45.5. The van der Waals surface area contributed by atoms with Gasteiger partial charge in [-0.2, -0.15) is 29.5 Å². The Morgan fingerprint density at radius 1 is 0.702 bits per heavy atom. The summed E-state index contributed by atoms with van der Waals surface area (Å²) < 4.78 is 0. The third-order valence-electron chi connectivity index (χ3n) is 8.75. The minimum absolute atomic E-state index is 0.109. The van der Waals surface area contributed by atoms with E-state index < -0.39 is 20.8 Å². The molecule has 1 heterocycles. The van der Waals surface area contributed by atoms with Gasteiger partial charge in [-0.25, -0.2) is 0 Å². The molecule has 0 unspecified atom stereocenters. The van der Waals surface area contributed by atoms with Gasteiger partial charge in [0.2, 0.25) is 0 Å². The van der Waals surface area contributed by atoms with E-state index in [1.165, 1.54) is 71.2 Å².